The van der Waals surface area contributed by atoms with Crippen molar-refractivity contribution in [1.29, 1.82) is 0 Å². The number of ketones is 1. The lowest BCUT2D eigenvalue weighted by Crippen LogP contribution is -2.36. The van der Waals surface area contributed by atoms with Crippen LogP contribution in [-0.2, 0) is 9.59 Å². The molecule has 21 heavy (non-hydrogen) atoms. The number of Topliss-reactive ketones (excluding diaryl/α,β-unsaturated/α-hetero) is 1. The van der Waals surface area contributed by atoms with E-state index in [1.165, 1.54) is 4.90 Å². The summed E-state index contributed by atoms with van der Waals surface area (Å²) in [6.45, 7) is 1.83. The molecule has 2 fully saturated rings. The highest BCUT2D eigenvalue weighted by Crippen LogP contribution is 2.37. The van der Waals surface area contributed by atoms with Crippen molar-refractivity contribution in [3.05, 3.63) is 35.4 Å². The highest BCUT2D eigenvalue weighted by molar-refractivity contribution is 6.09. The fraction of sp³-hybridized carbons (Fsp3) is 0.471. The van der Waals surface area contributed by atoms with Crippen molar-refractivity contribution in [2.75, 3.05) is 6.54 Å². The number of aryl methyl sites for hydroxylation is 1. The zero-order chi connectivity index (χ0) is 15.0. The third-order valence-electron chi connectivity index (χ3n) is 4.61. The van der Waals surface area contributed by atoms with E-state index >= 15 is 0 Å². The second kappa shape index (κ2) is 5.43. The predicted molar refractivity (Wildman–Crippen MR) is 77.7 cm³/mol. The second-order valence-electron chi connectivity index (χ2n) is 6.05. The van der Waals surface area contributed by atoms with Gasteiger partial charge >= 0.3 is 0 Å². The Hall–Kier alpha value is -1.97. The van der Waals surface area contributed by atoms with E-state index in [-0.39, 0.29) is 36.0 Å². The molecule has 1 aromatic rings. The van der Waals surface area contributed by atoms with Gasteiger partial charge in [-0.05, 0) is 19.8 Å². The molecule has 1 aliphatic carbocycles. The van der Waals surface area contributed by atoms with Gasteiger partial charge in [-0.3, -0.25) is 19.3 Å². The van der Waals surface area contributed by atoms with Gasteiger partial charge in [0.15, 0.2) is 5.78 Å². The summed E-state index contributed by atoms with van der Waals surface area (Å²) < 4.78 is 0. The first-order valence-corrected chi connectivity index (χ1v) is 7.53. The Morgan fingerprint density at radius 1 is 1.05 bits per heavy atom. The molecule has 2 unspecified atom stereocenters. The highest BCUT2D eigenvalue weighted by Gasteiger charge is 2.48. The average molecular weight is 285 g/mol. The van der Waals surface area contributed by atoms with Gasteiger partial charge in [-0.1, -0.05) is 42.7 Å². The van der Waals surface area contributed by atoms with Crippen LogP contribution in [0.15, 0.2) is 24.3 Å². The fourth-order valence-corrected chi connectivity index (χ4v) is 3.36. The van der Waals surface area contributed by atoms with Crippen LogP contribution in [0.3, 0.4) is 0 Å². The van der Waals surface area contributed by atoms with Gasteiger partial charge in [0.1, 0.15) is 0 Å². The highest BCUT2D eigenvalue weighted by atomic mass is 16.2. The average Bonchev–Trinajstić information content (AvgIpc) is 2.73. The molecular formula is C17H19NO3. The number of likely N-dealkylation sites (tertiary alicyclic amines) is 1. The first kappa shape index (κ1) is 14.0. The largest absolute Gasteiger partial charge is 0.292 e. The number of amides is 2. The number of rotatable bonds is 3. The SMILES string of the molecule is Cc1ccc(C(=O)CN2C(=O)C3CCCCC3C2=O)cc1. The number of carbonyl (C=O) groups excluding carboxylic acids is 3. The van der Waals surface area contributed by atoms with Crippen LogP contribution in [0.25, 0.3) is 0 Å². The molecule has 2 aliphatic rings. The van der Waals surface area contributed by atoms with Crippen molar-refractivity contribution < 1.29 is 14.4 Å². The van der Waals surface area contributed by atoms with Crippen LogP contribution in [0.5, 0.6) is 0 Å². The maximum atomic E-state index is 12.3. The van der Waals surface area contributed by atoms with E-state index in [0.29, 0.717) is 5.56 Å². The lowest BCUT2D eigenvalue weighted by molar-refractivity contribution is -0.139. The minimum absolute atomic E-state index is 0.117. The Kier molecular flexibility index (Phi) is 3.62. The van der Waals surface area contributed by atoms with Gasteiger partial charge in [0, 0.05) is 5.56 Å². The minimum atomic E-state index is -0.183. The van der Waals surface area contributed by atoms with Crippen LogP contribution in [0.2, 0.25) is 0 Å². The fourth-order valence-electron chi connectivity index (χ4n) is 3.36. The van der Waals surface area contributed by atoms with Crippen molar-refractivity contribution >= 4 is 17.6 Å². The first-order valence-electron chi connectivity index (χ1n) is 7.53. The van der Waals surface area contributed by atoms with Gasteiger partial charge in [-0.25, -0.2) is 0 Å². The molecule has 0 radical (unpaired) electrons. The number of fused-ring (bicyclic) bond motifs is 1. The Labute approximate surface area is 124 Å². The van der Waals surface area contributed by atoms with E-state index in [1.54, 1.807) is 12.1 Å². The smallest absolute Gasteiger partial charge is 0.233 e. The van der Waals surface area contributed by atoms with E-state index in [1.807, 2.05) is 19.1 Å². The molecule has 1 saturated carbocycles. The summed E-state index contributed by atoms with van der Waals surface area (Å²) in [7, 11) is 0. The summed E-state index contributed by atoms with van der Waals surface area (Å²) in [6, 6.07) is 7.22. The number of hydrogen-bond donors (Lipinski definition) is 0. The standard InChI is InChI=1S/C17H19NO3/c1-11-6-8-12(9-7-11)15(19)10-18-16(20)13-4-2-3-5-14(13)17(18)21/h6-9,13-14H,2-5,10H2,1H3. The van der Waals surface area contributed by atoms with E-state index in [2.05, 4.69) is 0 Å². The van der Waals surface area contributed by atoms with Crippen LogP contribution in [0.1, 0.15) is 41.6 Å². The van der Waals surface area contributed by atoms with E-state index in [0.717, 1.165) is 31.2 Å². The first-order chi connectivity index (χ1) is 10.1. The van der Waals surface area contributed by atoms with Gasteiger partial charge in [0.25, 0.3) is 0 Å². The third kappa shape index (κ3) is 2.50. The van der Waals surface area contributed by atoms with Crippen LogP contribution < -0.4 is 0 Å². The van der Waals surface area contributed by atoms with Crippen molar-refractivity contribution in [3.8, 4) is 0 Å². The van der Waals surface area contributed by atoms with Crippen molar-refractivity contribution in [2.45, 2.75) is 32.6 Å². The van der Waals surface area contributed by atoms with Gasteiger partial charge < -0.3 is 0 Å². The summed E-state index contributed by atoms with van der Waals surface area (Å²) in [5.41, 5.74) is 1.63. The summed E-state index contributed by atoms with van der Waals surface area (Å²) in [4.78, 5) is 38.1. The maximum Gasteiger partial charge on any atom is 0.233 e. The van der Waals surface area contributed by atoms with Gasteiger partial charge in [0.05, 0.1) is 18.4 Å². The Morgan fingerprint density at radius 2 is 1.57 bits per heavy atom. The Morgan fingerprint density at radius 3 is 2.10 bits per heavy atom. The van der Waals surface area contributed by atoms with Crippen LogP contribution >= 0.6 is 0 Å². The number of hydrogen-bond acceptors (Lipinski definition) is 3. The zero-order valence-electron chi connectivity index (χ0n) is 12.2. The predicted octanol–water partition coefficient (Wildman–Crippen LogP) is 2.35. The van der Waals surface area contributed by atoms with Crippen LogP contribution in [0.4, 0.5) is 0 Å². The maximum absolute atomic E-state index is 12.3. The molecule has 4 nitrogen and oxygen atoms in total. The van der Waals surface area contributed by atoms with Crippen molar-refractivity contribution in [1.82, 2.24) is 4.90 Å². The summed E-state index contributed by atoms with van der Waals surface area (Å²) >= 11 is 0. The van der Waals surface area contributed by atoms with E-state index in [4.69, 9.17) is 0 Å². The third-order valence-corrected chi connectivity index (χ3v) is 4.61. The lowest BCUT2D eigenvalue weighted by Gasteiger charge is -2.19. The van der Waals surface area contributed by atoms with Crippen molar-refractivity contribution in [3.63, 3.8) is 0 Å². The summed E-state index contributed by atoms with van der Waals surface area (Å²) in [6.07, 6.45) is 3.56. The molecule has 3 rings (SSSR count). The Bertz CT molecular complexity index is 567. The van der Waals surface area contributed by atoms with E-state index < -0.39 is 0 Å². The summed E-state index contributed by atoms with van der Waals surface area (Å²) in [5.74, 6) is -0.834. The van der Waals surface area contributed by atoms with Gasteiger partial charge in [0.2, 0.25) is 11.8 Å². The lowest BCUT2D eigenvalue weighted by atomic mass is 9.81. The number of carbonyl (C=O) groups is 3. The number of imide groups is 1. The molecular weight excluding hydrogens is 266 g/mol. The number of benzene rings is 1. The molecule has 0 aromatic heterocycles. The van der Waals surface area contributed by atoms with Gasteiger partial charge in [-0.2, -0.15) is 0 Å². The Balaban J connectivity index is 1.75. The molecule has 2 amide bonds. The molecule has 1 heterocycles. The minimum Gasteiger partial charge on any atom is -0.292 e. The van der Waals surface area contributed by atoms with Gasteiger partial charge in [-0.15, -0.1) is 0 Å². The van der Waals surface area contributed by atoms with Crippen LogP contribution in [-0.4, -0.2) is 29.0 Å². The molecule has 110 valence electrons. The summed E-state index contributed by atoms with van der Waals surface area (Å²) in [5, 5.41) is 0. The molecule has 1 aliphatic heterocycles. The second-order valence-corrected chi connectivity index (χ2v) is 6.05. The molecule has 1 saturated heterocycles. The molecule has 4 heteroatoms. The molecule has 2 atom stereocenters. The molecule has 0 N–H and O–H groups in total. The van der Waals surface area contributed by atoms with E-state index in [9.17, 15) is 14.4 Å². The number of nitrogens with zero attached hydrogens (tertiary/aromatic N) is 1. The quantitative estimate of drug-likeness (QED) is 0.633. The molecule has 0 bridgehead atoms. The normalized spacial score (nSPS) is 25.1. The molecule has 0 spiro atoms. The monoisotopic (exact) mass is 285 g/mol. The van der Waals surface area contributed by atoms with Crippen LogP contribution in [0, 0.1) is 18.8 Å². The molecule has 1 aromatic carbocycles. The zero-order valence-corrected chi connectivity index (χ0v) is 12.2. The topological polar surface area (TPSA) is 54.5 Å². The van der Waals surface area contributed by atoms with Crippen molar-refractivity contribution in [2.24, 2.45) is 11.8 Å².